The molecule has 25 heavy (non-hydrogen) atoms. The Balaban J connectivity index is 4.61. The fourth-order valence-corrected chi connectivity index (χ4v) is 2.07. The van der Waals surface area contributed by atoms with E-state index in [-0.39, 0.29) is 6.42 Å². The lowest BCUT2D eigenvalue weighted by Gasteiger charge is -2.21. The molecule has 0 saturated heterocycles. The van der Waals surface area contributed by atoms with Gasteiger partial charge in [0.2, 0.25) is 18.2 Å². The van der Waals surface area contributed by atoms with Crippen LogP contribution in [-0.4, -0.2) is 47.4 Å². The smallest absolute Gasteiger partial charge is 0.326 e. The number of aliphatic carboxylic acids is 1. The molecular weight excluding hydrogens is 326 g/mol. The number of hydrogen-bond donors (Lipinski definition) is 4. The van der Waals surface area contributed by atoms with E-state index in [1.807, 2.05) is 0 Å². The van der Waals surface area contributed by atoms with Gasteiger partial charge < -0.3 is 21.1 Å². The van der Waals surface area contributed by atoms with Gasteiger partial charge in [-0.05, 0) is 32.6 Å². The van der Waals surface area contributed by atoms with Crippen LogP contribution in [0.4, 0.5) is 0 Å². The van der Waals surface area contributed by atoms with Crippen LogP contribution in [0.5, 0.6) is 0 Å². The highest BCUT2D eigenvalue weighted by Crippen LogP contribution is 2.05. The second-order valence-electron chi connectivity index (χ2n) is 5.56. The maximum absolute atomic E-state index is 12.2. The number of carboxylic acids is 1. The van der Waals surface area contributed by atoms with Gasteiger partial charge in [0.1, 0.15) is 18.1 Å². The maximum atomic E-state index is 12.2. The highest BCUT2D eigenvalue weighted by Gasteiger charge is 2.25. The molecule has 0 aromatic rings. The largest absolute Gasteiger partial charge is 0.480 e. The van der Waals surface area contributed by atoms with Gasteiger partial charge in [0, 0.05) is 0 Å². The SMILES string of the molecule is C=CCCCC[C@H](NC=O)C(=O)N[C@H](C)C(=O)N[C@@H](CC=C)C(=O)O. The fourth-order valence-electron chi connectivity index (χ4n) is 2.07. The van der Waals surface area contributed by atoms with Crippen LogP contribution < -0.4 is 16.0 Å². The molecule has 140 valence electrons. The summed E-state index contributed by atoms with van der Waals surface area (Å²) >= 11 is 0. The van der Waals surface area contributed by atoms with Crippen molar-refractivity contribution < 1.29 is 24.3 Å². The second kappa shape index (κ2) is 12.7. The van der Waals surface area contributed by atoms with Crippen LogP contribution in [0.25, 0.3) is 0 Å². The van der Waals surface area contributed by atoms with Gasteiger partial charge in [-0.1, -0.05) is 18.6 Å². The summed E-state index contributed by atoms with van der Waals surface area (Å²) in [6.07, 6.45) is 6.46. The number of nitrogens with one attached hydrogen (secondary N) is 3. The van der Waals surface area contributed by atoms with Crippen LogP contribution in [0, 0.1) is 0 Å². The van der Waals surface area contributed by atoms with E-state index >= 15 is 0 Å². The van der Waals surface area contributed by atoms with Crippen LogP contribution in [0.15, 0.2) is 25.3 Å². The van der Waals surface area contributed by atoms with Gasteiger partial charge in [0.15, 0.2) is 0 Å². The van der Waals surface area contributed by atoms with E-state index in [4.69, 9.17) is 5.11 Å². The predicted octanol–water partition coefficient (Wildman–Crippen LogP) is 0.498. The van der Waals surface area contributed by atoms with E-state index in [1.54, 1.807) is 6.08 Å². The van der Waals surface area contributed by atoms with Gasteiger partial charge in [0.25, 0.3) is 0 Å². The Morgan fingerprint density at radius 2 is 1.72 bits per heavy atom. The molecule has 0 aromatic heterocycles. The van der Waals surface area contributed by atoms with Gasteiger partial charge in [-0.2, -0.15) is 0 Å². The van der Waals surface area contributed by atoms with Crippen molar-refractivity contribution in [1.29, 1.82) is 0 Å². The third-order valence-corrected chi connectivity index (χ3v) is 3.51. The molecule has 0 bridgehead atoms. The lowest BCUT2D eigenvalue weighted by Crippen LogP contribution is -2.53. The Hall–Kier alpha value is -2.64. The molecule has 8 nitrogen and oxygen atoms in total. The Morgan fingerprint density at radius 1 is 1.04 bits per heavy atom. The summed E-state index contributed by atoms with van der Waals surface area (Å²) in [5.74, 6) is -2.31. The molecule has 3 amide bonds. The maximum Gasteiger partial charge on any atom is 0.326 e. The summed E-state index contributed by atoms with van der Waals surface area (Å²) in [5, 5.41) is 16.2. The third-order valence-electron chi connectivity index (χ3n) is 3.51. The second-order valence-corrected chi connectivity index (χ2v) is 5.56. The van der Waals surface area contributed by atoms with Crippen molar-refractivity contribution in [1.82, 2.24) is 16.0 Å². The molecule has 0 rings (SSSR count). The molecule has 0 fully saturated rings. The van der Waals surface area contributed by atoms with E-state index in [9.17, 15) is 19.2 Å². The van der Waals surface area contributed by atoms with E-state index in [2.05, 4.69) is 29.1 Å². The summed E-state index contributed by atoms with van der Waals surface area (Å²) < 4.78 is 0. The topological polar surface area (TPSA) is 125 Å². The molecular formula is C17H27N3O5. The average Bonchev–Trinajstić information content (AvgIpc) is 2.56. The summed E-state index contributed by atoms with van der Waals surface area (Å²) in [4.78, 5) is 45.9. The summed E-state index contributed by atoms with van der Waals surface area (Å²) in [6, 6.07) is -2.79. The number of carbonyl (C=O) groups excluding carboxylic acids is 3. The van der Waals surface area contributed by atoms with Crippen LogP contribution in [0.2, 0.25) is 0 Å². The molecule has 8 heteroatoms. The van der Waals surface area contributed by atoms with Crippen molar-refractivity contribution in [3.8, 4) is 0 Å². The normalized spacial score (nSPS) is 13.6. The molecule has 0 heterocycles. The van der Waals surface area contributed by atoms with Crippen LogP contribution in [-0.2, 0) is 19.2 Å². The molecule has 0 aromatic carbocycles. The highest BCUT2D eigenvalue weighted by molar-refractivity contribution is 5.92. The summed E-state index contributed by atoms with van der Waals surface area (Å²) in [7, 11) is 0. The zero-order chi connectivity index (χ0) is 19.2. The highest BCUT2D eigenvalue weighted by atomic mass is 16.4. The van der Waals surface area contributed by atoms with E-state index in [1.165, 1.54) is 13.0 Å². The lowest BCUT2D eigenvalue weighted by atomic mass is 10.1. The first-order valence-corrected chi connectivity index (χ1v) is 8.12. The van der Waals surface area contributed by atoms with Gasteiger partial charge in [0.05, 0.1) is 0 Å². The quantitative estimate of drug-likeness (QED) is 0.206. The number of unbranched alkanes of at least 4 members (excludes halogenated alkanes) is 2. The molecule has 0 unspecified atom stereocenters. The van der Waals surface area contributed by atoms with Crippen molar-refractivity contribution in [2.75, 3.05) is 0 Å². The molecule has 0 aliphatic heterocycles. The Kier molecular flexibility index (Phi) is 11.4. The van der Waals surface area contributed by atoms with Gasteiger partial charge >= 0.3 is 5.97 Å². The Labute approximate surface area is 147 Å². The molecule has 0 aliphatic rings. The molecule has 0 saturated carbocycles. The molecule has 4 N–H and O–H groups in total. The average molecular weight is 353 g/mol. The van der Waals surface area contributed by atoms with Crippen molar-refractivity contribution >= 4 is 24.2 Å². The monoisotopic (exact) mass is 353 g/mol. The Bertz CT molecular complexity index is 493. The fraction of sp³-hybridized carbons (Fsp3) is 0.529. The standard InChI is InChI=1S/C17H27N3O5/c1-4-6-7-8-10-13(18-11-21)16(23)19-12(3)15(22)20-14(9-5-2)17(24)25/h4-5,11-14H,1-2,6-10H2,3H3,(H,18,21)(H,19,23)(H,20,22)(H,24,25)/t12-,13+,14+/m1/s1. The number of allylic oxidation sites excluding steroid dienone is 1. The zero-order valence-electron chi connectivity index (χ0n) is 14.5. The van der Waals surface area contributed by atoms with E-state index in [0.29, 0.717) is 19.3 Å². The van der Waals surface area contributed by atoms with E-state index < -0.39 is 35.9 Å². The minimum Gasteiger partial charge on any atom is -0.480 e. The predicted molar refractivity (Wildman–Crippen MR) is 93.6 cm³/mol. The van der Waals surface area contributed by atoms with Crippen LogP contribution in [0.3, 0.4) is 0 Å². The minimum atomic E-state index is -1.19. The molecule has 0 spiro atoms. The number of rotatable bonds is 14. The van der Waals surface area contributed by atoms with Crippen molar-refractivity contribution in [3.05, 3.63) is 25.3 Å². The summed E-state index contributed by atoms with van der Waals surface area (Å²) in [5.41, 5.74) is 0. The minimum absolute atomic E-state index is 0.0698. The van der Waals surface area contributed by atoms with E-state index in [0.717, 1.165) is 12.8 Å². The number of carboxylic acid groups (broad SMARTS) is 1. The van der Waals surface area contributed by atoms with Crippen molar-refractivity contribution in [3.63, 3.8) is 0 Å². The number of carbonyl (C=O) groups is 4. The van der Waals surface area contributed by atoms with Crippen molar-refractivity contribution in [2.24, 2.45) is 0 Å². The first-order chi connectivity index (χ1) is 11.9. The number of hydrogen-bond acceptors (Lipinski definition) is 4. The van der Waals surface area contributed by atoms with Gasteiger partial charge in [-0.3, -0.25) is 14.4 Å². The number of amides is 3. The van der Waals surface area contributed by atoms with Crippen LogP contribution >= 0.6 is 0 Å². The zero-order valence-corrected chi connectivity index (χ0v) is 14.5. The van der Waals surface area contributed by atoms with Gasteiger partial charge in [-0.15, -0.1) is 13.2 Å². The first kappa shape index (κ1) is 22.4. The lowest BCUT2D eigenvalue weighted by molar-refractivity contribution is -0.142. The van der Waals surface area contributed by atoms with Crippen LogP contribution in [0.1, 0.15) is 39.0 Å². The molecule has 3 atom stereocenters. The Morgan fingerprint density at radius 3 is 2.24 bits per heavy atom. The van der Waals surface area contributed by atoms with Crippen molar-refractivity contribution in [2.45, 2.75) is 57.2 Å². The molecule has 0 radical (unpaired) electrons. The van der Waals surface area contributed by atoms with Gasteiger partial charge in [-0.25, -0.2) is 4.79 Å². The third kappa shape index (κ3) is 9.29. The molecule has 0 aliphatic carbocycles. The first-order valence-electron chi connectivity index (χ1n) is 8.12. The summed E-state index contributed by atoms with van der Waals surface area (Å²) in [6.45, 7) is 8.49.